The molecule has 0 N–H and O–H groups in total. The minimum Gasteiger partial charge on any atom is -0.300 e. The largest absolute Gasteiger partial charge is 0.300 e. The van der Waals surface area contributed by atoms with Crippen molar-refractivity contribution in [2.45, 2.75) is 57.4 Å². The monoisotopic (exact) mass is 353 g/mol. The zero-order valence-corrected chi connectivity index (χ0v) is 15.1. The fraction of sp³-hybridized carbons (Fsp3) is 0.632. The summed E-state index contributed by atoms with van der Waals surface area (Å²) in [6, 6.07) is 6.13. The highest BCUT2D eigenvalue weighted by molar-refractivity contribution is 6.42. The predicted molar refractivity (Wildman–Crippen MR) is 96.3 cm³/mol. The lowest BCUT2D eigenvalue weighted by Crippen LogP contribution is -2.41. The van der Waals surface area contributed by atoms with Gasteiger partial charge in [-0.1, -0.05) is 42.1 Å². The summed E-state index contributed by atoms with van der Waals surface area (Å²) in [6.45, 7) is 2.45. The van der Waals surface area contributed by atoms with Gasteiger partial charge in [-0.05, 0) is 62.4 Å². The van der Waals surface area contributed by atoms with E-state index in [0.29, 0.717) is 40.6 Å². The van der Waals surface area contributed by atoms with E-state index in [2.05, 4.69) is 4.90 Å². The first kappa shape index (κ1) is 17.3. The van der Waals surface area contributed by atoms with Gasteiger partial charge in [0.05, 0.1) is 10.0 Å². The van der Waals surface area contributed by atoms with E-state index < -0.39 is 0 Å². The predicted octanol–water partition coefficient (Wildman–Crippen LogP) is 5.15. The number of carbonyl (C=O) groups excluding carboxylic acids is 1. The summed E-state index contributed by atoms with van der Waals surface area (Å²) < 4.78 is 0. The Morgan fingerprint density at radius 2 is 1.78 bits per heavy atom. The van der Waals surface area contributed by atoms with Crippen LogP contribution in [0.4, 0.5) is 0 Å². The molecular weight excluding hydrogens is 329 g/mol. The number of carbonyl (C=O) groups is 1. The van der Waals surface area contributed by atoms with Crippen molar-refractivity contribution in [3.8, 4) is 0 Å². The van der Waals surface area contributed by atoms with Gasteiger partial charge in [0.15, 0.2) is 0 Å². The maximum absolute atomic E-state index is 12.5. The molecule has 126 valence electrons. The molecule has 1 heterocycles. The SMILES string of the molecule is O=C(Cc1ccc(Cl)c(Cl)c1)C[C@H]1CCCC[C@@H]1N1CCCC1. The fourth-order valence-corrected chi connectivity index (χ4v) is 4.54. The molecule has 2 nitrogen and oxygen atoms in total. The van der Waals surface area contributed by atoms with E-state index in [1.165, 1.54) is 51.6 Å². The molecule has 23 heavy (non-hydrogen) atoms. The van der Waals surface area contributed by atoms with Gasteiger partial charge in [0.2, 0.25) is 0 Å². The van der Waals surface area contributed by atoms with E-state index in [-0.39, 0.29) is 0 Å². The van der Waals surface area contributed by atoms with Gasteiger partial charge in [-0.25, -0.2) is 0 Å². The van der Waals surface area contributed by atoms with Crippen molar-refractivity contribution >= 4 is 29.0 Å². The second-order valence-electron chi connectivity index (χ2n) is 7.02. The van der Waals surface area contributed by atoms with Gasteiger partial charge in [-0.15, -0.1) is 0 Å². The van der Waals surface area contributed by atoms with E-state index in [9.17, 15) is 4.79 Å². The Kier molecular flexibility index (Phi) is 6.01. The quantitative estimate of drug-likeness (QED) is 0.729. The van der Waals surface area contributed by atoms with Crippen molar-refractivity contribution in [3.63, 3.8) is 0 Å². The van der Waals surface area contributed by atoms with Crippen LogP contribution in [0.15, 0.2) is 18.2 Å². The maximum Gasteiger partial charge on any atom is 0.137 e. The highest BCUT2D eigenvalue weighted by Crippen LogP contribution is 2.33. The van der Waals surface area contributed by atoms with Crippen molar-refractivity contribution in [1.82, 2.24) is 4.90 Å². The molecule has 2 fully saturated rings. The third-order valence-electron chi connectivity index (χ3n) is 5.35. The van der Waals surface area contributed by atoms with E-state index >= 15 is 0 Å². The number of hydrogen-bond acceptors (Lipinski definition) is 2. The minimum atomic E-state index is 0.333. The number of nitrogens with zero attached hydrogens (tertiary/aromatic N) is 1. The molecule has 1 saturated heterocycles. The van der Waals surface area contributed by atoms with Crippen LogP contribution in [0.2, 0.25) is 10.0 Å². The lowest BCUT2D eigenvalue weighted by Gasteiger charge is -2.37. The molecular formula is C19H25Cl2NO. The summed E-state index contributed by atoms with van der Waals surface area (Å²) in [4.78, 5) is 15.2. The van der Waals surface area contributed by atoms with Gasteiger partial charge in [0, 0.05) is 18.9 Å². The van der Waals surface area contributed by atoms with Gasteiger partial charge in [-0.3, -0.25) is 4.79 Å². The second-order valence-corrected chi connectivity index (χ2v) is 7.84. The zero-order chi connectivity index (χ0) is 16.2. The lowest BCUT2D eigenvalue weighted by molar-refractivity contribution is -0.120. The summed E-state index contributed by atoms with van der Waals surface area (Å²) in [5, 5.41) is 1.08. The third-order valence-corrected chi connectivity index (χ3v) is 6.09. The van der Waals surface area contributed by atoms with Crippen molar-refractivity contribution in [2.75, 3.05) is 13.1 Å². The molecule has 0 spiro atoms. The Balaban J connectivity index is 1.59. The Morgan fingerprint density at radius 3 is 2.52 bits per heavy atom. The Hall–Kier alpha value is -0.570. The minimum absolute atomic E-state index is 0.333. The summed E-state index contributed by atoms with van der Waals surface area (Å²) in [5.74, 6) is 0.872. The number of ketones is 1. The zero-order valence-electron chi connectivity index (χ0n) is 13.6. The van der Waals surface area contributed by atoms with Crippen LogP contribution in [-0.2, 0) is 11.2 Å². The Bertz CT molecular complexity index is 554. The number of Topliss-reactive ketones (excluding diaryl/α,β-unsaturated/α-hetero) is 1. The van der Waals surface area contributed by atoms with Gasteiger partial charge in [0.1, 0.15) is 5.78 Å². The Morgan fingerprint density at radius 1 is 1.04 bits per heavy atom. The lowest BCUT2D eigenvalue weighted by atomic mass is 9.80. The molecule has 0 amide bonds. The molecule has 0 radical (unpaired) electrons. The number of likely N-dealkylation sites (tertiary alicyclic amines) is 1. The van der Waals surface area contributed by atoms with E-state index in [0.717, 1.165) is 5.56 Å². The second kappa shape index (κ2) is 8.00. The number of rotatable bonds is 5. The first-order valence-electron chi connectivity index (χ1n) is 8.83. The molecule has 2 atom stereocenters. The summed E-state index contributed by atoms with van der Waals surface area (Å²) in [7, 11) is 0. The number of hydrogen-bond donors (Lipinski definition) is 0. The first-order valence-corrected chi connectivity index (χ1v) is 9.59. The fourth-order valence-electron chi connectivity index (χ4n) is 4.22. The molecule has 1 aliphatic carbocycles. The van der Waals surface area contributed by atoms with Crippen LogP contribution in [-0.4, -0.2) is 29.8 Å². The smallest absolute Gasteiger partial charge is 0.137 e. The van der Waals surface area contributed by atoms with Gasteiger partial charge in [0.25, 0.3) is 0 Å². The standard InChI is InChI=1S/C19H25Cl2NO/c20-17-8-7-14(12-18(17)21)11-16(23)13-15-5-1-2-6-19(15)22-9-3-4-10-22/h7-8,12,15,19H,1-6,9-11,13H2/t15-,19+/m1/s1. The topological polar surface area (TPSA) is 20.3 Å². The van der Waals surface area contributed by atoms with Crippen LogP contribution in [0.25, 0.3) is 0 Å². The van der Waals surface area contributed by atoms with Crippen LogP contribution < -0.4 is 0 Å². The highest BCUT2D eigenvalue weighted by Gasteiger charge is 2.32. The van der Waals surface area contributed by atoms with Crippen molar-refractivity contribution in [1.29, 1.82) is 0 Å². The molecule has 4 heteroatoms. The van der Waals surface area contributed by atoms with Crippen LogP contribution in [0.3, 0.4) is 0 Å². The molecule has 3 rings (SSSR count). The molecule has 0 unspecified atom stereocenters. The van der Waals surface area contributed by atoms with Crippen molar-refractivity contribution in [2.24, 2.45) is 5.92 Å². The molecule has 1 aromatic carbocycles. The van der Waals surface area contributed by atoms with Crippen LogP contribution in [0.5, 0.6) is 0 Å². The normalized spacial score (nSPS) is 25.7. The third kappa shape index (κ3) is 4.49. The molecule has 1 aromatic rings. The highest BCUT2D eigenvalue weighted by atomic mass is 35.5. The van der Waals surface area contributed by atoms with Crippen molar-refractivity contribution < 1.29 is 4.79 Å². The van der Waals surface area contributed by atoms with E-state index in [1.54, 1.807) is 6.07 Å². The molecule has 1 aliphatic heterocycles. The summed E-state index contributed by atoms with van der Waals surface area (Å²) >= 11 is 12.0. The number of benzene rings is 1. The van der Waals surface area contributed by atoms with E-state index in [1.807, 2.05) is 12.1 Å². The van der Waals surface area contributed by atoms with Gasteiger partial charge >= 0.3 is 0 Å². The molecule has 0 bridgehead atoms. The maximum atomic E-state index is 12.5. The number of halogens is 2. The van der Waals surface area contributed by atoms with Crippen LogP contribution >= 0.6 is 23.2 Å². The average Bonchev–Trinajstić information content (AvgIpc) is 3.06. The van der Waals surface area contributed by atoms with Gasteiger partial charge in [-0.2, -0.15) is 0 Å². The Labute approximate surface area is 149 Å². The van der Waals surface area contributed by atoms with Crippen LogP contribution in [0, 0.1) is 5.92 Å². The van der Waals surface area contributed by atoms with Crippen LogP contribution in [0.1, 0.15) is 50.5 Å². The summed E-state index contributed by atoms with van der Waals surface area (Å²) in [6.07, 6.45) is 8.88. The van der Waals surface area contributed by atoms with E-state index in [4.69, 9.17) is 23.2 Å². The summed E-state index contributed by atoms with van der Waals surface area (Å²) in [5.41, 5.74) is 0.970. The molecule has 1 saturated carbocycles. The molecule has 2 aliphatic rings. The van der Waals surface area contributed by atoms with Gasteiger partial charge < -0.3 is 4.90 Å². The molecule has 0 aromatic heterocycles. The average molecular weight is 354 g/mol. The first-order chi connectivity index (χ1) is 11.1. The van der Waals surface area contributed by atoms with Crippen molar-refractivity contribution in [3.05, 3.63) is 33.8 Å².